The van der Waals surface area contributed by atoms with Gasteiger partial charge in [0, 0.05) is 12.0 Å². The summed E-state index contributed by atoms with van der Waals surface area (Å²) in [4.78, 5) is 0. The maximum Gasteiger partial charge on any atom is 0.124 e. The molecule has 0 aromatic heterocycles. The molecule has 20 heavy (non-hydrogen) atoms. The number of hydrogen-bond donors (Lipinski definition) is 1. The van der Waals surface area contributed by atoms with Gasteiger partial charge in [-0.1, -0.05) is 24.3 Å². The minimum atomic E-state index is -0.184. The molecule has 0 aliphatic carbocycles. The van der Waals surface area contributed by atoms with E-state index < -0.39 is 0 Å². The van der Waals surface area contributed by atoms with Gasteiger partial charge in [-0.3, -0.25) is 0 Å². The number of fused-ring (bicyclic) bond motifs is 1. The van der Waals surface area contributed by atoms with Crippen LogP contribution < -0.4 is 15.2 Å². The zero-order valence-electron chi connectivity index (χ0n) is 11.8. The Bertz CT molecular complexity index is 637. The van der Waals surface area contributed by atoms with E-state index in [4.69, 9.17) is 15.2 Å². The van der Waals surface area contributed by atoms with Crippen molar-refractivity contribution in [2.24, 2.45) is 5.73 Å². The highest BCUT2D eigenvalue weighted by atomic mass is 16.5. The Kier molecular flexibility index (Phi) is 3.36. The van der Waals surface area contributed by atoms with E-state index >= 15 is 0 Å². The van der Waals surface area contributed by atoms with Gasteiger partial charge in [0.05, 0.1) is 19.8 Å². The minimum absolute atomic E-state index is 0.184. The second kappa shape index (κ2) is 5.17. The van der Waals surface area contributed by atoms with E-state index in [1.54, 1.807) is 7.11 Å². The van der Waals surface area contributed by atoms with Gasteiger partial charge in [-0.15, -0.1) is 0 Å². The molecule has 2 aromatic carbocycles. The van der Waals surface area contributed by atoms with Gasteiger partial charge in [-0.05, 0) is 35.7 Å². The first-order valence-electron chi connectivity index (χ1n) is 6.85. The number of benzene rings is 2. The molecule has 1 heterocycles. The number of methoxy groups -OCH3 is 1. The number of ether oxygens (including phenoxy) is 2. The standard InChI is InChI=1S/C17H19NO2/c1-11-3-5-14(16(9-11)19-2)17(18)13-4-6-15-12(10-13)7-8-20-15/h3-6,9-10,17H,7-8,18H2,1-2H3. The fourth-order valence-corrected chi connectivity index (χ4v) is 2.65. The largest absolute Gasteiger partial charge is 0.496 e. The summed E-state index contributed by atoms with van der Waals surface area (Å²) < 4.78 is 11.0. The van der Waals surface area contributed by atoms with E-state index in [2.05, 4.69) is 12.1 Å². The van der Waals surface area contributed by atoms with E-state index in [0.717, 1.165) is 35.7 Å². The first-order valence-corrected chi connectivity index (χ1v) is 6.85. The molecule has 0 spiro atoms. The molecule has 1 atom stereocenters. The molecule has 0 saturated heterocycles. The Hall–Kier alpha value is -2.00. The lowest BCUT2D eigenvalue weighted by atomic mass is 9.96. The quantitative estimate of drug-likeness (QED) is 0.931. The van der Waals surface area contributed by atoms with E-state index in [1.165, 1.54) is 11.1 Å². The van der Waals surface area contributed by atoms with Crippen LogP contribution in [0.5, 0.6) is 11.5 Å². The lowest BCUT2D eigenvalue weighted by Gasteiger charge is -2.17. The Morgan fingerprint density at radius 2 is 2.05 bits per heavy atom. The van der Waals surface area contributed by atoms with Crippen molar-refractivity contribution in [3.8, 4) is 11.5 Å². The fourth-order valence-electron chi connectivity index (χ4n) is 2.65. The van der Waals surface area contributed by atoms with Gasteiger partial charge >= 0.3 is 0 Å². The summed E-state index contributed by atoms with van der Waals surface area (Å²) >= 11 is 0. The third kappa shape index (κ3) is 2.25. The molecular weight excluding hydrogens is 250 g/mol. The number of hydrogen-bond acceptors (Lipinski definition) is 3. The van der Waals surface area contributed by atoms with Gasteiger partial charge in [-0.2, -0.15) is 0 Å². The summed E-state index contributed by atoms with van der Waals surface area (Å²) in [6.45, 7) is 2.81. The highest BCUT2D eigenvalue weighted by Gasteiger charge is 2.18. The molecule has 0 fully saturated rings. The molecule has 2 aromatic rings. The monoisotopic (exact) mass is 269 g/mol. The molecule has 1 aliphatic heterocycles. The lowest BCUT2D eigenvalue weighted by Crippen LogP contribution is -2.13. The first kappa shape index (κ1) is 13.0. The second-order valence-electron chi connectivity index (χ2n) is 5.19. The van der Waals surface area contributed by atoms with Crippen LogP contribution in [0.25, 0.3) is 0 Å². The molecule has 0 saturated carbocycles. The summed E-state index contributed by atoms with van der Waals surface area (Å²) in [7, 11) is 1.68. The predicted molar refractivity (Wildman–Crippen MR) is 79.4 cm³/mol. The molecule has 3 nitrogen and oxygen atoms in total. The van der Waals surface area contributed by atoms with E-state index in [-0.39, 0.29) is 6.04 Å². The maximum absolute atomic E-state index is 6.42. The van der Waals surface area contributed by atoms with Crippen molar-refractivity contribution < 1.29 is 9.47 Å². The summed E-state index contributed by atoms with van der Waals surface area (Å²) in [6, 6.07) is 12.1. The average molecular weight is 269 g/mol. The van der Waals surface area contributed by atoms with Crippen LogP contribution in [0.15, 0.2) is 36.4 Å². The van der Waals surface area contributed by atoms with Crippen molar-refractivity contribution >= 4 is 0 Å². The SMILES string of the molecule is COc1cc(C)ccc1C(N)c1ccc2c(c1)CCO2. The molecule has 3 rings (SSSR count). The van der Waals surface area contributed by atoms with Crippen LogP contribution in [0.1, 0.15) is 28.3 Å². The molecule has 1 aliphatic rings. The Labute approximate surface area is 119 Å². The third-order valence-corrected chi connectivity index (χ3v) is 3.80. The predicted octanol–water partition coefficient (Wildman–Crippen LogP) is 2.99. The third-order valence-electron chi connectivity index (χ3n) is 3.80. The molecule has 0 amide bonds. The summed E-state index contributed by atoms with van der Waals surface area (Å²) in [5.74, 6) is 1.83. The van der Waals surface area contributed by atoms with Crippen LogP contribution in [0, 0.1) is 6.92 Å². The molecule has 0 radical (unpaired) electrons. The van der Waals surface area contributed by atoms with Crippen molar-refractivity contribution in [2.75, 3.05) is 13.7 Å². The lowest BCUT2D eigenvalue weighted by molar-refractivity contribution is 0.357. The number of rotatable bonds is 3. The topological polar surface area (TPSA) is 44.5 Å². The van der Waals surface area contributed by atoms with Crippen LogP contribution in [-0.2, 0) is 6.42 Å². The normalized spacial score (nSPS) is 14.6. The van der Waals surface area contributed by atoms with Crippen LogP contribution in [0.4, 0.5) is 0 Å². The summed E-state index contributed by atoms with van der Waals surface area (Å²) in [5.41, 5.74) is 10.9. The van der Waals surface area contributed by atoms with Crippen molar-refractivity contribution in [2.45, 2.75) is 19.4 Å². The van der Waals surface area contributed by atoms with E-state index in [9.17, 15) is 0 Å². The van der Waals surface area contributed by atoms with Gasteiger partial charge in [0.2, 0.25) is 0 Å². The maximum atomic E-state index is 6.42. The van der Waals surface area contributed by atoms with Gasteiger partial charge in [0.25, 0.3) is 0 Å². The Morgan fingerprint density at radius 3 is 2.85 bits per heavy atom. The molecule has 0 bridgehead atoms. The molecule has 1 unspecified atom stereocenters. The molecule has 2 N–H and O–H groups in total. The smallest absolute Gasteiger partial charge is 0.124 e. The average Bonchev–Trinajstić information content (AvgIpc) is 2.93. The highest BCUT2D eigenvalue weighted by Crippen LogP contribution is 2.33. The van der Waals surface area contributed by atoms with Crippen molar-refractivity contribution in [1.29, 1.82) is 0 Å². The number of nitrogens with two attached hydrogens (primary N) is 1. The van der Waals surface area contributed by atoms with E-state index in [1.807, 2.05) is 31.2 Å². The molecule has 104 valence electrons. The van der Waals surface area contributed by atoms with Crippen LogP contribution in [0.3, 0.4) is 0 Å². The van der Waals surface area contributed by atoms with Gasteiger partial charge in [0.15, 0.2) is 0 Å². The summed E-state index contributed by atoms with van der Waals surface area (Å²) in [5, 5.41) is 0. The van der Waals surface area contributed by atoms with Crippen molar-refractivity contribution in [3.05, 3.63) is 58.7 Å². The fraction of sp³-hybridized carbons (Fsp3) is 0.294. The van der Waals surface area contributed by atoms with Crippen LogP contribution in [0.2, 0.25) is 0 Å². The van der Waals surface area contributed by atoms with Crippen molar-refractivity contribution in [3.63, 3.8) is 0 Å². The highest BCUT2D eigenvalue weighted by molar-refractivity contribution is 5.47. The number of aryl methyl sites for hydroxylation is 1. The van der Waals surface area contributed by atoms with Crippen molar-refractivity contribution in [1.82, 2.24) is 0 Å². The second-order valence-corrected chi connectivity index (χ2v) is 5.19. The molecule has 3 heteroatoms. The van der Waals surface area contributed by atoms with Crippen LogP contribution >= 0.6 is 0 Å². The van der Waals surface area contributed by atoms with Gasteiger partial charge < -0.3 is 15.2 Å². The Balaban J connectivity index is 1.98. The molecular formula is C17H19NO2. The van der Waals surface area contributed by atoms with Gasteiger partial charge in [-0.25, -0.2) is 0 Å². The van der Waals surface area contributed by atoms with Gasteiger partial charge in [0.1, 0.15) is 11.5 Å². The first-order chi connectivity index (χ1) is 9.69. The zero-order valence-corrected chi connectivity index (χ0v) is 11.8. The van der Waals surface area contributed by atoms with E-state index in [0.29, 0.717) is 0 Å². The van der Waals surface area contributed by atoms with Crippen LogP contribution in [-0.4, -0.2) is 13.7 Å². The zero-order chi connectivity index (χ0) is 14.1. The minimum Gasteiger partial charge on any atom is -0.496 e. The summed E-state index contributed by atoms with van der Waals surface area (Å²) in [6.07, 6.45) is 0.959. The Morgan fingerprint density at radius 1 is 1.20 bits per heavy atom.